The second kappa shape index (κ2) is 9.73. The molecule has 0 spiro atoms. The van der Waals surface area contributed by atoms with Crippen LogP contribution in [-0.4, -0.2) is 33.6 Å². The predicted octanol–water partition coefficient (Wildman–Crippen LogP) is 6.17. The lowest BCUT2D eigenvalue weighted by Crippen LogP contribution is -2.43. The van der Waals surface area contributed by atoms with Crippen LogP contribution in [0.5, 0.6) is 0 Å². The largest absolute Gasteiger partial charge is 0.440 e. The molecule has 0 aliphatic carbocycles. The fourth-order valence-electron chi connectivity index (χ4n) is 4.14. The van der Waals surface area contributed by atoms with Crippen molar-refractivity contribution in [2.75, 3.05) is 0 Å². The van der Waals surface area contributed by atoms with Gasteiger partial charge in [0.15, 0.2) is 0 Å². The molecule has 1 fully saturated rings. The van der Waals surface area contributed by atoms with E-state index in [2.05, 4.69) is 4.98 Å². The van der Waals surface area contributed by atoms with Gasteiger partial charge < -0.3 is 9.47 Å². The number of ether oxygens (including phenoxy) is 2. The SMILES string of the molecule is C[C@H](OCc1ccc(-c2ccc(C(F)(F)F)cn2)cc1)C(=O)N1C(=O)OC(C)(C)[C@@H]1c1ccccc1. The van der Waals surface area contributed by atoms with Crippen molar-refractivity contribution in [2.24, 2.45) is 0 Å². The fraction of sp³-hybridized carbons (Fsp3) is 0.296. The van der Waals surface area contributed by atoms with Gasteiger partial charge in [0.2, 0.25) is 0 Å². The van der Waals surface area contributed by atoms with Crippen molar-refractivity contribution >= 4 is 12.0 Å². The highest BCUT2D eigenvalue weighted by Gasteiger charge is 2.52. The Labute approximate surface area is 206 Å². The van der Waals surface area contributed by atoms with E-state index in [4.69, 9.17) is 9.47 Å². The molecular formula is C27H25F3N2O4. The molecule has 0 radical (unpaired) electrons. The molecule has 1 aromatic heterocycles. The van der Waals surface area contributed by atoms with Crippen LogP contribution in [0.1, 0.15) is 43.5 Å². The van der Waals surface area contributed by atoms with Crippen LogP contribution in [-0.2, 0) is 27.1 Å². The molecule has 188 valence electrons. The van der Waals surface area contributed by atoms with Gasteiger partial charge in [-0.25, -0.2) is 9.69 Å². The number of hydrogen-bond acceptors (Lipinski definition) is 5. The lowest BCUT2D eigenvalue weighted by atomic mass is 9.91. The summed E-state index contributed by atoms with van der Waals surface area (Å²) >= 11 is 0. The molecule has 1 saturated heterocycles. The average Bonchev–Trinajstić information content (AvgIpc) is 3.10. The number of hydrogen-bond donors (Lipinski definition) is 0. The molecule has 2 heterocycles. The first-order chi connectivity index (χ1) is 17.0. The molecule has 6 nitrogen and oxygen atoms in total. The van der Waals surface area contributed by atoms with Crippen LogP contribution < -0.4 is 0 Å². The molecule has 2 aromatic carbocycles. The van der Waals surface area contributed by atoms with Gasteiger partial charge in [-0.2, -0.15) is 13.2 Å². The first-order valence-electron chi connectivity index (χ1n) is 11.3. The number of cyclic esters (lactones) is 1. The molecular weight excluding hydrogens is 473 g/mol. The van der Waals surface area contributed by atoms with E-state index in [1.165, 1.54) is 6.07 Å². The zero-order valence-electron chi connectivity index (χ0n) is 20.0. The van der Waals surface area contributed by atoms with Gasteiger partial charge in [-0.05, 0) is 44.0 Å². The van der Waals surface area contributed by atoms with E-state index in [0.717, 1.165) is 28.3 Å². The van der Waals surface area contributed by atoms with Crippen molar-refractivity contribution in [1.29, 1.82) is 0 Å². The van der Waals surface area contributed by atoms with Crippen LogP contribution in [0.4, 0.5) is 18.0 Å². The van der Waals surface area contributed by atoms with Gasteiger partial charge in [-0.1, -0.05) is 54.6 Å². The van der Waals surface area contributed by atoms with Crippen molar-refractivity contribution < 1.29 is 32.2 Å². The van der Waals surface area contributed by atoms with Crippen molar-refractivity contribution in [3.8, 4) is 11.3 Å². The van der Waals surface area contributed by atoms with E-state index in [1.54, 1.807) is 45.0 Å². The van der Waals surface area contributed by atoms with Gasteiger partial charge in [0.25, 0.3) is 5.91 Å². The van der Waals surface area contributed by atoms with Crippen molar-refractivity contribution in [3.63, 3.8) is 0 Å². The van der Waals surface area contributed by atoms with Crippen LogP contribution in [0.25, 0.3) is 11.3 Å². The first kappa shape index (κ1) is 25.4. The number of amides is 2. The standard InChI is InChI=1S/C27H25F3N2O4/c1-17(24(33)32-23(20-7-5-4-6-8-20)26(2,3)36-25(32)34)35-16-18-9-11-19(12-10-18)22-14-13-21(15-31-22)27(28,29)30/h4-15,17,23H,16H2,1-3H3/t17-,23-/m0/s1. The Bertz CT molecular complexity index is 1230. The molecule has 4 rings (SSSR count). The molecule has 1 aliphatic heterocycles. The molecule has 0 saturated carbocycles. The van der Waals surface area contributed by atoms with E-state index in [9.17, 15) is 22.8 Å². The number of carbonyl (C=O) groups excluding carboxylic acids is 2. The highest BCUT2D eigenvalue weighted by atomic mass is 19.4. The second-order valence-electron chi connectivity index (χ2n) is 9.07. The Hall–Kier alpha value is -3.72. The average molecular weight is 499 g/mol. The van der Waals surface area contributed by atoms with Crippen LogP contribution in [0.3, 0.4) is 0 Å². The molecule has 3 aromatic rings. The van der Waals surface area contributed by atoms with Gasteiger partial charge >= 0.3 is 12.3 Å². The number of benzene rings is 2. The Morgan fingerprint density at radius 1 is 1.08 bits per heavy atom. The van der Waals surface area contributed by atoms with Gasteiger partial charge in [0.05, 0.1) is 17.9 Å². The summed E-state index contributed by atoms with van der Waals surface area (Å²) in [6.45, 7) is 5.18. The summed E-state index contributed by atoms with van der Waals surface area (Å²) < 4.78 is 49.5. The molecule has 0 bridgehead atoms. The summed E-state index contributed by atoms with van der Waals surface area (Å²) in [7, 11) is 0. The molecule has 2 atom stereocenters. The fourth-order valence-corrected chi connectivity index (χ4v) is 4.14. The van der Waals surface area contributed by atoms with Crippen LogP contribution in [0.2, 0.25) is 0 Å². The maximum atomic E-state index is 13.2. The van der Waals surface area contributed by atoms with Gasteiger partial charge in [0, 0.05) is 11.8 Å². The highest BCUT2D eigenvalue weighted by Crippen LogP contribution is 2.41. The minimum absolute atomic E-state index is 0.0932. The van der Waals surface area contributed by atoms with E-state index < -0.39 is 41.5 Å². The van der Waals surface area contributed by atoms with Crippen LogP contribution >= 0.6 is 0 Å². The van der Waals surface area contributed by atoms with E-state index >= 15 is 0 Å². The maximum Gasteiger partial charge on any atom is 0.417 e. The highest BCUT2D eigenvalue weighted by molar-refractivity contribution is 5.96. The second-order valence-corrected chi connectivity index (χ2v) is 9.07. The number of imide groups is 1. The zero-order chi connectivity index (χ0) is 26.1. The van der Waals surface area contributed by atoms with Crippen LogP contribution in [0.15, 0.2) is 72.9 Å². The zero-order valence-corrected chi connectivity index (χ0v) is 20.0. The summed E-state index contributed by atoms with van der Waals surface area (Å²) in [5, 5.41) is 0. The molecule has 9 heteroatoms. The lowest BCUT2D eigenvalue weighted by molar-refractivity contribution is -0.142. The third-order valence-electron chi connectivity index (χ3n) is 6.00. The predicted molar refractivity (Wildman–Crippen MR) is 126 cm³/mol. The lowest BCUT2D eigenvalue weighted by Gasteiger charge is -2.29. The molecule has 36 heavy (non-hydrogen) atoms. The van der Waals surface area contributed by atoms with Gasteiger partial charge in [-0.3, -0.25) is 9.78 Å². The van der Waals surface area contributed by atoms with Crippen molar-refractivity contribution in [3.05, 3.63) is 89.6 Å². The minimum Gasteiger partial charge on any atom is -0.440 e. The third kappa shape index (κ3) is 5.26. The number of nitrogens with zero attached hydrogens (tertiary/aromatic N) is 2. The number of pyridine rings is 1. The van der Waals surface area contributed by atoms with Gasteiger partial charge in [-0.15, -0.1) is 0 Å². The number of alkyl halides is 3. The number of rotatable bonds is 6. The van der Waals surface area contributed by atoms with Crippen molar-refractivity contribution in [2.45, 2.75) is 51.3 Å². The summed E-state index contributed by atoms with van der Waals surface area (Å²) in [4.78, 5) is 30.8. The Morgan fingerprint density at radius 2 is 1.75 bits per heavy atom. The summed E-state index contributed by atoms with van der Waals surface area (Å²) in [6, 6.07) is 17.8. The monoisotopic (exact) mass is 498 g/mol. The maximum absolute atomic E-state index is 13.2. The first-order valence-corrected chi connectivity index (χ1v) is 11.3. The topological polar surface area (TPSA) is 68.7 Å². The number of aromatic nitrogens is 1. The quantitative estimate of drug-likeness (QED) is 0.407. The van der Waals surface area contributed by atoms with Crippen LogP contribution in [0, 0.1) is 0 Å². The van der Waals surface area contributed by atoms with E-state index in [1.807, 2.05) is 30.3 Å². The summed E-state index contributed by atoms with van der Waals surface area (Å²) in [6.07, 6.45) is -5.28. The Morgan fingerprint density at radius 3 is 2.33 bits per heavy atom. The van der Waals surface area contributed by atoms with E-state index in [-0.39, 0.29) is 6.61 Å². The third-order valence-corrected chi connectivity index (χ3v) is 6.00. The molecule has 0 N–H and O–H groups in total. The van der Waals surface area contributed by atoms with Crippen molar-refractivity contribution in [1.82, 2.24) is 9.88 Å². The van der Waals surface area contributed by atoms with Gasteiger partial charge in [0.1, 0.15) is 17.7 Å². The smallest absolute Gasteiger partial charge is 0.417 e. The number of halogens is 3. The summed E-state index contributed by atoms with van der Waals surface area (Å²) in [5.74, 6) is -0.509. The Balaban J connectivity index is 1.42. The summed E-state index contributed by atoms with van der Waals surface area (Å²) in [5.41, 5.74) is 0.853. The molecule has 0 unspecified atom stereocenters. The molecule has 1 aliphatic rings. The Kier molecular flexibility index (Phi) is 6.86. The van der Waals surface area contributed by atoms with E-state index in [0.29, 0.717) is 11.3 Å². The minimum atomic E-state index is -4.44. The normalized spacial score (nSPS) is 18.1. The molecule has 2 amide bonds. The number of carbonyl (C=O) groups is 2.